The largest absolute Gasteiger partial charge is 0.481 e. The molecule has 0 bridgehead atoms. The van der Waals surface area contributed by atoms with Crippen LogP contribution in [-0.2, 0) is 16.0 Å². The molecule has 6 heteroatoms. The molecule has 3 atom stereocenters. The van der Waals surface area contributed by atoms with Gasteiger partial charge >= 0.3 is 5.97 Å². The minimum absolute atomic E-state index is 0.157. The predicted molar refractivity (Wildman–Crippen MR) is 96.6 cm³/mol. The Kier molecular flexibility index (Phi) is 4.36. The maximum Gasteiger partial charge on any atom is 0.311 e. The van der Waals surface area contributed by atoms with Crippen LogP contribution in [-0.4, -0.2) is 53.0 Å². The zero-order valence-electron chi connectivity index (χ0n) is 14.7. The zero-order chi connectivity index (χ0) is 17.6. The lowest BCUT2D eigenvalue weighted by Crippen LogP contribution is -2.45. The topological polar surface area (TPSA) is 60.9 Å². The molecule has 3 heterocycles. The summed E-state index contributed by atoms with van der Waals surface area (Å²) >= 11 is 1.79. The Hall–Kier alpha value is -1.40. The quantitative estimate of drug-likeness (QED) is 0.895. The van der Waals surface area contributed by atoms with Crippen molar-refractivity contribution in [3.05, 3.63) is 21.9 Å². The highest BCUT2D eigenvalue weighted by Crippen LogP contribution is 2.48. The maximum atomic E-state index is 13.0. The molecule has 136 valence electrons. The number of fused-ring (bicyclic) bond motifs is 2. The van der Waals surface area contributed by atoms with Gasteiger partial charge in [0.05, 0.1) is 18.0 Å². The van der Waals surface area contributed by atoms with E-state index in [0.717, 1.165) is 45.2 Å². The summed E-state index contributed by atoms with van der Waals surface area (Å²) in [6, 6.07) is 2.34. The first-order valence-corrected chi connectivity index (χ1v) is 10.2. The van der Waals surface area contributed by atoms with Crippen LogP contribution in [0, 0.1) is 11.3 Å². The Morgan fingerprint density at radius 1 is 1.44 bits per heavy atom. The van der Waals surface area contributed by atoms with Crippen LogP contribution in [0.2, 0.25) is 0 Å². The van der Waals surface area contributed by atoms with Gasteiger partial charge in [0, 0.05) is 24.5 Å². The van der Waals surface area contributed by atoms with Gasteiger partial charge in [-0.25, -0.2) is 0 Å². The first kappa shape index (κ1) is 17.0. The smallest absolute Gasteiger partial charge is 0.311 e. The SMILES string of the molecule is CCC1c2ccsc2CCN1C(=O)CN1C[C@@H]2CCC[C@@]2(C(=O)O)C1. The number of nitrogens with zero attached hydrogens (tertiary/aromatic N) is 2. The number of rotatable bonds is 4. The molecule has 1 saturated heterocycles. The highest BCUT2D eigenvalue weighted by Gasteiger charge is 2.55. The summed E-state index contributed by atoms with van der Waals surface area (Å²) < 4.78 is 0. The van der Waals surface area contributed by atoms with E-state index in [-0.39, 0.29) is 17.9 Å². The van der Waals surface area contributed by atoms with E-state index in [1.54, 1.807) is 11.3 Å². The fourth-order valence-electron chi connectivity index (χ4n) is 5.28. The molecule has 1 unspecified atom stereocenters. The molecule has 1 aromatic heterocycles. The Labute approximate surface area is 152 Å². The van der Waals surface area contributed by atoms with Crippen molar-refractivity contribution in [2.75, 3.05) is 26.2 Å². The number of carboxylic acid groups (broad SMARTS) is 1. The van der Waals surface area contributed by atoms with E-state index in [1.807, 2.05) is 4.90 Å². The van der Waals surface area contributed by atoms with Crippen LogP contribution in [0.4, 0.5) is 0 Å². The maximum absolute atomic E-state index is 13.0. The molecule has 1 N–H and O–H groups in total. The van der Waals surface area contributed by atoms with Crippen molar-refractivity contribution in [1.82, 2.24) is 9.80 Å². The average molecular weight is 362 g/mol. The van der Waals surface area contributed by atoms with Crippen molar-refractivity contribution in [3.8, 4) is 0 Å². The van der Waals surface area contributed by atoms with Gasteiger partial charge in [-0.1, -0.05) is 13.3 Å². The minimum atomic E-state index is -0.669. The molecule has 0 radical (unpaired) electrons. The monoisotopic (exact) mass is 362 g/mol. The van der Waals surface area contributed by atoms with E-state index < -0.39 is 11.4 Å². The second-order valence-corrected chi connectivity index (χ2v) is 8.78. The van der Waals surface area contributed by atoms with Crippen molar-refractivity contribution in [3.63, 3.8) is 0 Å². The number of amides is 1. The zero-order valence-corrected chi connectivity index (χ0v) is 15.6. The van der Waals surface area contributed by atoms with E-state index in [1.165, 1.54) is 10.4 Å². The van der Waals surface area contributed by atoms with Crippen LogP contribution in [0.5, 0.6) is 0 Å². The molecule has 25 heavy (non-hydrogen) atoms. The third-order valence-electron chi connectivity index (χ3n) is 6.53. The summed E-state index contributed by atoms with van der Waals surface area (Å²) in [7, 11) is 0. The van der Waals surface area contributed by atoms with Crippen molar-refractivity contribution in [1.29, 1.82) is 0 Å². The van der Waals surface area contributed by atoms with Crippen LogP contribution in [0.15, 0.2) is 11.4 Å². The van der Waals surface area contributed by atoms with E-state index in [0.29, 0.717) is 13.1 Å². The van der Waals surface area contributed by atoms with E-state index >= 15 is 0 Å². The minimum Gasteiger partial charge on any atom is -0.481 e. The number of carbonyl (C=O) groups is 2. The molecule has 1 amide bonds. The van der Waals surface area contributed by atoms with Gasteiger partial charge in [0.25, 0.3) is 0 Å². The van der Waals surface area contributed by atoms with E-state index in [4.69, 9.17) is 0 Å². The van der Waals surface area contributed by atoms with E-state index in [9.17, 15) is 14.7 Å². The highest BCUT2D eigenvalue weighted by molar-refractivity contribution is 7.10. The summed E-state index contributed by atoms with van der Waals surface area (Å²) in [5, 5.41) is 11.8. The van der Waals surface area contributed by atoms with Crippen molar-refractivity contribution >= 4 is 23.2 Å². The molecule has 2 aliphatic heterocycles. The normalized spacial score (nSPS) is 31.8. The van der Waals surface area contributed by atoms with Gasteiger partial charge in [-0.3, -0.25) is 14.5 Å². The number of thiophene rings is 1. The average Bonchev–Trinajstić information content (AvgIpc) is 3.26. The Bertz CT molecular complexity index is 688. The number of aliphatic carboxylic acids is 1. The van der Waals surface area contributed by atoms with Crippen LogP contribution in [0.1, 0.15) is 49.1 Å². The molecule has 5 nitrogen and oxygen atoms in total. The summed E-state index contributed by atoms with van der Waals surface area (Å²) in [6.07, 6.45) is 4.62. The van der Waals surface area contributed by atoms with Gasteiger partial charge in [-0.15, -0.1) is 11.3 Å². The van der Waals surface area contributed by atoms with Crippen LogP contribution < -0.4 is 0 Å². The van der Waals surface area contributed by atoms with Gasteiger partial charge < -0.3 is 10.0 Å². The molecule has 1 aromatic rings. The van der Waals surface area contributed by atoms with Crippen molar-refractivity contribution < 1.29 is 14.7 Å². The standard InChI is InChI=1S/C19H26N2O3S/c1-2-15-14-6-9-25-16(14)5-8-21(15)17(22)11-20-10-13-4-3-7-19(13,12-20)18(23)24/h6,9,13,15H,2-5,7-8,10-12H2,1H3,(H,23,24)/t13-,15?,19+/m0/s1. The summed E-state index contributed by atoms with van der Waals surface area (Å²) in [4.78, 5) is 30.3. The number of hydrogen-bond donors (Lipinski definition) is 1. The lowest BCUT2D eigenvalue weighted by atomic mass is 9.81. The lowest BCUT2D eigenvalue weighted by molar-refractivity contribution is -0.149. The number of carbonyl (C=O) groups excluding carboxylic acids is 1. The lowest BCUT2D eigenvalue weighted by Gasteiger charge is -2.36. The molecule has 1 saturated carbocycles. The first-order valence-electron chi connectivity index (χ1n) is 9.36. The summed E-state index contributed by atoms with van der Waals surface area (Å²) in [5.74, 6) is -0.300. The molecule has 2 fully saturated rings. The number of carboxylic acids is 1. The third-order valence-corrected chi connectivity index (χ3v) is 7.52. The van der Waals surface area contributed by atoms with Crippen molar-refractivity contribution in [2.24, 2.45) is 11.3 Å². The second-order valence-electron chi connectivity index (χ2n) is 7.78. The molecule has 3 aliphatic rings. The van der Waals surface area contributed by atoms with Crippen molar-refractivity contribution in [2.45, 2.75) is 45.1 Å². The summed E-state index contributed by atoms with van der Waals surface area (Å²) in [6.45, 7) is 4.57. The van der Waals surface area contributed by atoms with Gasteiger partial charge in [0.1, 0.15) is 0 Å². The Morgan fingerprint density at radius 3 is 3.00 bits per heavy atom. The van der Waals surface area contributed by atoms with Crippen LogP contribution in [0.25, 0.3) is 0 Å². The fraction of sp³-hybridized carbons (Fsp3) is 0.684. The molecular formula is C19H26N2O3S. The van der Waals surface area contributed by atoms with Crippen LogP contribution >= 0.6 is 11.3 Å². The molecule has 1 aliphatic carbocycles. The fourth-order valence-corrected chi connectivity index (χ4v) is 6.21. The molecular weight excluding hydrogens is 336 g/mol. The third kappa shape index (κ3) is 2.70. The Morgan fingerprint density at radius 2 is 2.28 bits per heavy atom. The molecule has 4 rings (SSSR count). The molecule has 0 spiro atoms. The highest BCUT2D eigenvalue weighted by atomic mass is 32.1. The van der Waals surface area contributed by atoms with E-state index in [2.05, 4.69) is 23.3 Å². The summed E-state index contributed by atoms with van der Waals surface area (Å²) in [5.41, 5.74) is 0.708. The molecule has 0 aromatic carbocycles. The van der Waals surface area contributed by atoms with Gasteiger partial charge in [-0.05, 0) is 48.6 Å². The van der Waals surface area contributed by atoms with Gasteiger partial charge in [0.2, 0.25) is 5.91 Å². The van der Waals surface area contributed by atoms with Gasteiger partial charge in [-0.2, -0.15) is 0 Å². The van der Waals surface area contributed by atoms with Gasteiger partial charge in [0.15, 0.2) is 0 Å². The predicted octanol–water partition coefficient (Wildman–Crippen LogP) is 2.77. The number of likely N-dealkylation sites (tertiary alicyclic amines) is 1. The Balaban J connectivity index is 1.46. The second kappa shape index (κ2) is 6.40. The number of hydrogen-bond acceptors (Lipinski definition) is 4. The van der Waals surface area contributed by atoms with Crippen LogP contribution in [0.3, 0.4) is 0 Å². The first-order chi connectivity index (χ1) is 12.0.